The summed E-state index contributed by atoms with van der Waals surface area (Å²) in [4.78, 5) is 23.9. The number of allylic oxidation sites excluding steroid dienone is 1. The molecule has 0 saturated heterocycles. The molecule has 5 heteroatoms. The van der Waals surface area contributed by atoms with Crippen LogP contribution in [0.15, 0.2) is 11.6 Å². The molecular formula is C20H30O5. The van der Waals surface area contributed by atoms with Crippen molar-refractivity contribution in [2.24, 2.45) is 28.1 Å². The third kappa shape index (κ3) is 2.54. The summed E-state index contributed by atoms with van der Waals surface area (Å²) in [6.45, 7) is 6.73. The van der Waals surface area contributed by atoms with Crippen LogP contribution in [0.3, 0.4) is 0 Å². The summed E-state index contributed by atoms with van der Waals surface area (Å²) < 4.78 is 0. The van der Waals surface area contributed by atoms with E-state index in [0.717, 1.165) is 25.7 Å². The van der Waals surface area contributed by atoms with Gasteiger partial charge in [-0.25, -0.2) is 4.79 Å². The van der Waals surface area contributed by atoms with Gasteiger partial charge in [-0.1, -0.05) is 33.3 Å². The smallest absolute Gasteiger partial charge is 0.331 e. The number of carboxylic acid groups (broad SMARTS) is 2. The van der Waals surface area contributed by atoms with E-state index in [0.29, 0.717) is 18.8 Å². The van der Waals surface area contributed by atoms with Crippen molar-refractivity contribution in [3.05, 3.63) is 11.6 Å². The lowest BCUT2D eigenvalue weighted by Gasteiger charge is -2.62. The number of hydrogen-bond acceptors (Lipinski definition) is 3. The molecule has 3 aliphatic carbocycles. The predicted octanol–water partition coefficient (Wildman–Crippen LogP) is 3.47. The van der Waals surface area contributed by atoms with Crippen molar-refractivity contribution >= 4 is 11.9 Å². The zero-order valence-electron chi connectivity index (χ0n) is 15.4. The number of aliphatic hydroxyl groups is 1. The second-order valence-corrected chi connectivity index (χ2v) is 9.33. The lowest BCUT2D eigenvalue weighted by atomic mass is 9.42. The molecule has 140 valence electrons. The van der Waals surface area contributed by atoms with Gasteiger partial charge in [-0.2, -0.15) is 0 Å². The number of aliphatic carboxylic acids is 2. The fourth-order valence-electron chi connectivity index (χ4n) is 6.63. The number of hydrogen-bond donors (Lipinski definition) is 3. The zero-order valence-corrected chi connectivity index (χ0v) is 15.4. The van der Waals surface area contributed by atoms with Gasteiger partial charge in [0.05, 0.1) is 11.5 Å². The van der Waals surface area contributed by atoms with Gasteiger partial charge in [0, 0.05) is 12.0 Å². The molecule has 0 radical (unpaired) electrons. The second kappa shape index (κ2) is 5.83. The highest BCUT2D eigenvalue weighted by Crippen LogP contribution is 2.66. The van der Waals surface area contributed by atoms with Gasteiger partial charge >= 0.3 is 11.9 Å². The maximum absolute atomic E-state index is 12.4. The van der Waals surface area contributed by atoms with Crippen molar-refractivity contribution in [2.45, 2.75) is 71.8 Å². The first kappa shape index (κ1) is 18.4. The maximum Gasteiger partial charge on any atom is 0.331 e. The van der Waals surface area contributed by atoms with Crippen LogP contribution < -0.4 is 0 Å². The molecule has 3 N–H and O–H groups in total. The first-order valence-electron chi connectivity index (χ1n) is 9.39. The first-order valence-corrected chi connectivity index (χ1v) is 9.39. The molecule has 0 heterocycles. The summed E-state index contributed by atoms with van der Waals surface area (Å²) in [6, 6.07) is 0. The highest BCUT2D eigenvalue weighted by Gasteiger charge is 2.65. The molecule has 0 aromatic heterocycles. The number of rotatable bonds is 2. The van der Waals surface area contributed by atoms with E-state index in [1.54, 1.807) is 6.08 Å². The Morgan fingerprint density at radius 2 is 1.76 bits per heavy atom. The minimum absolute atomic E-state index is 0.0811. The third-order valence-electron chi connectivity index (χ3n) is 7.82. The summed E-state index contributed by atoms with van der Waals surface area (Å²) in [5.41, 5.74) is -1.14. The summed E-state index contributed by atoms with van der Waals surface area (Å²) in [7, 11) is 0. The normalized spacial score (nSPS) is 43.2. The molecule has 3 aliphatic rings. The molecule has 0 spiro atoms. The Morgan fingerprint density at radius 1 is 1.08 bits per heavy atom. The third-order valence-corrected chi connectivity index (χ3v) is 7.82. The van der Waals surface area contributed by atoms with Crippen LogP contribution >= 0.6 is 0 Å². The number of fused-ring (bicyclic) bond motifs is 3. The molecule has 25 heavy (non-hydrogen) atoms. The summed E-state index contributed by atoms with van der Waals surface area (Å²) >= 11 is 0. The molecule has 5 unspecified atom stereocenters. The van der Waals surface area contributed by atoms with Crippen molar-refractivity contribution in [3.8, 4) is 0 Å². The van der Waals surface area contributed by atoms with Gasteiger partial charge in [0.2, 0.25) is 0 Å². The molecule has 3 rings (SSSR count). The molecular weight excluding hydrogens is 320 g/mol. The Balaban J connectivity index is 2.12. The van der Waals surface area contributed by atoms with Crippen LogP contribution in [0.5, 0.6) is 0 Å². The van der Waals surface area contributed by atoms with Gasteiger partial charge in [0.25, 0.3) is 0 Å². The van der Waals surface area contributed by atoms with Gasteiger partial charge < -0.3 is 15.3 Å². The lowest BCUT2D eigenvalue weighted by molar-refractivity contribution is -0.196. The van der Waals surface area contributed by atoms with Crippen molar-refractivity contribution in [1.29, 1.82) is 0 Å². The van der Waals surface area contributed by atoms with E-state index in [4.69, 9.17) is 0 Å². The molecule has 5 atom stereocenters. The fraction of sp³-hybridized carbons (Fsp3) is 0.800. The van der Waals surface area contributed by atoms with Gasteiger partial charge in [-0.05, 0) is 54.8 Å². The monoisotopic (exact) mass is 350 g/mol. The van der Waals surface area contributed by atoms with Crippen LogP contribution in [0.4, 0.5) is 0 Å². The zero-order chi connectivity index (χ0) is 18.6. The highest BCUT2D eigenvalue weighted by molar-refractivity contribution is 5.87. The average Bonchev–Trinajstić information content (AvgIpc) is 2.65. The molecule has 2 fully saturated rings. The summed E-state index contributed by atoms with van der Waals surface area (Å²) in [5.74, 6) is -1.85. The van der Waals surface area contributed by atoms with Crippen molar-refractivity contribution in [1.82, 2.24) is 0 Å². The maximum atomic E-state index is 12.4. The number of carboxylic acids is 2. The first-order chi connectivity index (χ1) is 11.6. The molecule has 0 aromatic rings. The largest absolute Gasteiger partial charge is 0.481 e. The van der Waals surface area contributed by atoms with Crippen molar-refractivity contribution in [3.63, 3.8) is 0 Å². The fourth-order valence-corrected chi connectivity index (χ4v) is 6.63. The molecule has 5 nitrogen and oxygen atoms in total. The van der Waals surface area contributed by atoms with E-state index in [2.05, 4.69) is 20.8 Å². The van der Waals surface area contributed by atoms with Gasteiger partial charge in [-0.15, -0.1) is 0 Å². The Bertz CT molecular complexity index is 622. The van der Waals surface area contributed by atoms with Gasteiger partial charge in [0.15, 0.2) is 0 Å². The van der Waals surface area contributed by atoms with Crippen LogP contribution in [0.1, 0.15) is 65.7 Å². The number of aliphatic hydroxyl groups excluding tert-OH is 1. The number of carbonyl (C=O) groups is 2. The van der Waals surface area contributed by atoms with Crippen LogP contribution in [0.25, 0.3) is 0 Å². The Morgan fingerprint density at radius 3 is 2.36 bits per heavy atom. The molecule has 0 amide bonds. The topological polar surface area (TPSA) is 94.8 Å². The SMILES string of the molecule is CC1(C)CCCC2(C)C1CCC1(C(=O)O)C(O)CC(C(=O)O)=CCC21. The Kier molecular flexibility index (Phi) is 4.30. The Hall–Kier alpha value is -1.36. The summed E-state index contributed by atoms with van der Waals surface area (Å²) in [5, 5.41) is 30.4. The van der Waals surface area contributed by atoms with E-state index in [-0.39, 0.29) is 28.7 Å². The molecule has 0 bridgehead atoms. The van der Waals surface area contributed by atoms with Gasteiger partial charge in [-0.3, -0.25) is 4.79 Å². The molecule has 0 aliphatic heterocycles. The van der Waals surface area contributed by atoms with Crippen LogP contribution in [0.2, 0.25) is 0 Å². The van der Waals surface area contributed by atoms with Gasteiger partial charge in [0.1, 0.15) is 0 Å². The van der Waals surface area contributed by atoms with Crippen LogP contribution in [0, 0.1) is 28.1 Å². The molecule has 2 saturated carbocycles. The Labute approximate surface area is 149 Å². The second-order valence-electron chi connectivity index (χ2n) is 9.33. The summed E-state index contributed by atoms with van der Waals surface area (Å²) in [6.07, 6.45) is 5.22. The minimum Gasteiger partial charge on any atom is -0.481 e. The van der Waals surface area contributed by atoms with E-state index in [1.165, 1.54) is 0 Å². The lowest BCUT2D eigenvalue weighted by Crippen LogP contribution is -2.61. The molecule has 0 aromatic carbocycles. The van der Waals surface area contributed by atoms with E-state index in [9.17, 15) is 24.9 Å². The minimum atomic E-state index is -1.24. The quantitative estimate of drug-likeness (QED) is 0.709. The van der Waals surface area contributed by atoms with E-state index < -0.39 is 23.5 Å². The van der Waals surface area contributed by atoms with Crippen molar-refractivity contribution in [2.75, 3.05) is 0 Å². The van der Waals surface area contributed by atoms with Crippen LogP contribution in [-0.4, -0.2) is 33.4 Å². The van der Waals surface area contributed by atoms with Crippen molar-refractivity contribution < 1.29 is 24.9 Å². The highest BCUT2D eigenvalue weighted by atomic mass is 16.4. The van der Waals surface area contributed by atoms with Crippen LogP contribution in [-0.2, 0) is 9.59 Å². The standard InChI is InChI=1S/C20H30O5/c1-18(2)8-4-9-19(3)13(18)7-10-20(17(24)25)14(19)6-5-12(16(22)23)11-15(20)21/h5,13-15,21H,4,6-11H2,1-3H3,(H,22,23)(H,24,25). The van der Waals surface area contributed by atoms with E-state index >= 15 is 0 Å². The average molecular weight is 350 g/mol. The van der Waals surface area contributed by atoms with E-state index in [1.807, 2.05) is 0 Å². The predicted molar refractivity (Wildman–Crippen MR) is 93.0 cm³/mol.